The lowest BCUT2D eigenvalue weighted by Gasteiger charge is -2.31. The maximum absolute atomic E-state index is 4.62. The average molecular weight is 426 g/mol. The summed E-state index contributed by atoms with van der Waals surface area (Å²) in [6.07, 6.45) is 17.4. The number of aromatic amines is 2. The molecule has 3 aromatic heterocycles. The van der Waals surface area contributed by atoms with Gasteiger partial charge in [-0.25, -0.2) is 0 Å². The molecule has 0 aromatic carbocycles. The summed E-state index contributed by atoms with van der Waals surface area (Å²) < 4.78 is 0. The number of rotatable bonds is 7. The first-order valence-electron chi connectivity index (χ1n) is 11.2. The molecule has 1 saturated heterocycles. The number of fused-ring (bicyclic) bond motifs is 1. The van der Waals surface area contributed by atoms with E-state index in [1.807, 2.05) is 31.3 Å². The van der Waals surface area contributed by atoms with E-state index in [-0.39, 0.29) is 0 Å². The van der Waals surface area contributed by atoms with Crippen LogP contribution in [-0.4, -0.2) is 38.2 Å². The minimum atomic E-state index is 0.901. The van der Waals surface area contributed by atoms with Crippen LogP contribution in [0.2, 0.25) is 0 Å². The van der Waals surface area contributed by atoms with Crippen LogP contribution >= 0.6 is 0 Å². The van der Waals surface area contributed by atoms with Crippen LogP contribution in [-0.2, 0) is 0 Å². The number of nitrogens with zero attached hydrogens (tertiary/aromatic N) is 3. The second kappa shape index (κ2) is 9.69. The van der Waals surface area contributed by atoms with Crippen molar-refractivity contribution < 1.29 is 0 Å². The van der Waals surface area contributed by atoms with Crippen molar-refractivity contribution in [2.75, 3.05) is 13.1 Å². The third-order valence-corrected chi connectivity index (χ3v) is 5.98. The number of aryl methyl sites for hydroxylation is 1. The zero-order valence-electron chi connectivity index (χ0n) is 19.0. The molecule has 0 amide bonds. The third-order valence-electron chi connectivity index (χ3n) is 5.98. The molecule has 1 aliphatic rings. The maximum Gasteiger partial charge on any atom is 0.116 e. The van der Waals surface area contributed by atoms with Gasteiger partial charge in [0.1, 0.15) is 5.69 Å². The van der Waals surface area contributed by atoms with Gasteiger partial charge < -0.3 is 9.88 Å². The van der Waals surface area contributed by atoms with Crippen LogP contribution < -0.4 is 0 Å². The molecule has 0 saturated carbocycles. The molecule has 5 nitrogen and oxygen atoms in total. The normalized spacial score (nSPS) is 15.6. The number of H-pyrrole nitrogens is 2. The maximum atomic E-state index is 4.62. The van der Waals surface area contributed by atoms with Gasteiger partial charge in [0.25, 0.3) is 0 Å². The number of hydrogen-bond donors (Lipinski definition) is 2. The van der Waals surface area contributed by atoms with Gasteiger partial charge in [0.15, 0.2) is 0 Å². The predicted octanol–water partition coefficient (Wildman–Crippen LogP) is 6.42. The lowest BCUT2D eigenvalue weighted by Crippen LogP contribution is -2.28. The fourth-order valence-corrected chi connectivity index (χ4v) is 4.34. The second-order valence-corrected chi connectivity index (χ2v) is 8.08. The zero-order chi connectivity index (χ0) is 22.5. The number of hydrogen-bond acceptors (Lipinski definition) is 3. The van der Waals surface area contributed by atoms with Crippen molar-refractivity contribution in [1.29, 1.82) is 0 Å². The van der Waals surface area contributed by atoms with E-state index in [1.54, 1.807) is 6.08 Å². The second-order valence-electron chi connectivity index (χ2n) is 8.08. The van der Waals surface area contributed by atoms with Crippen molar-refractivity contribution in [2.24, 2.45) is 0 Å². The van der Waals surface area contributed by atoms with E-state index in [4.69, 9.17) is 0 Å². The SMILES string of the molecule is C=C/C=C\C(=C/C)c1cc2c(-c3cc(/C(=C\C=C)N4CCCCC4)c(C)[nH]3)n[nH]c2cn1. The van der Waals surface area contributed by atoms with Gasteiger partial charge in [0.05, 0.1) is 23.1 Å². The molecule has 1 aliphatic heterocycles. The van der Waals surface area contributed by atoms with Crippen LogP contribution in [0.25, 0.3) is 33.6 Å². The molecule has 5 heteroatoms. The highest BCUT2D eigenvalue weighted by atomic mass is 15.1. The number of piperidine rings is 1. The summed E-state index contributed by atoms with van der Waals surface area (Å²) in [5.41, 5.74) is 8.33. The van der Waals surface area contributed by atoms with Crippen LogP contribution in [0.4, 0.5) is 0 Å². The molecule has 4 rings (SSSR count). The molecule has 0 aliphatic carbocycles. The number of aromatic nitrogens is 4. The lowest BCUT2D eigenvalue weighted by atomic mass is 10.1. The van der Waals surface area contributed by atoms with E-state index >= 15 is 0 Å². The third kappa shape index (κ3) is 4.24. The van der Waals surface area contributed by atoms with Crippen molar-refractivity contribution in [1.82, 2.24) is 25.1 Å². The summed E-state index contributed by atoms with van der Waals surface area (Å²) in [6, 6.07) is 4.31. The Labute approximate surface area is 190 Å². The Balaban J connectivity index is 1.76. The van der Waals surface area contributed by atoms with E-state index in [1.165, 1.54) is 30.5 Å². The Bertz CT molecular complexity index is 1210. The molecule has 0 spiro atoms. The van der Waals surface area contributed by atoms with Crippen LogP contribution in [0.3, 0.4) is 0 Å². The first kappa shape index (κ1) is 21.6. The monoisotopic (exact) mass is 425 g/mol. The smallest absolute Gasteiger partial charge is 0.116 e. The minimum absolute atomic E-state index is 0.901. The van der Waals surface area contributed by atoms with E-state index in [0.717, 1.165) is 52.3 Å². The van der Waals surface area contributed by atoms with E-state index < -0.39 is 0 Å². The summed E-state index contributed by atoms with van der Waals surface area (Å²) in [4.78, 5) is 10.7. The Morgan fingerprint density at radius 3 is 2.66 bits per heavy atom. The number of likely N-dealkylation sites (tertiary alicyclic amines) is 1. The van der Waals surface area contributed by atoms with Gasteiger partial charge in [-0.15, -0.1) is 0 Å². The molecule has 0 unspecified atom stereocenters. The lowest BCUT2D eigenvalue weighted by molar-refractivity contribution is 0.326. The zero-order valence-corrected chi connectivity index (χ0v) is 19.0. The van der Waals surface area contributed by atoms with Crippen molar-refractivity contribution >= 4 is 22.2 Å². The van der Waals surface area contributed by atoms with E-state index in [2.05, 4.69) is 69.4 Å². The van der Waals surface area contributed by atoms with Gasteiger partial charge >= 0.3 is 0 Å². The van der Waals surface area contributed by atoms with Crippen molar-refractivity contribution in [2.45, 2.75) is 33.1 Å². The highest BCUT2D eigenvalue weighted by Gasteiger charge is 2.20. The quantitative estimate of drug-likeness (QED) is 0.429. The van der Waals surface area contributed by atoms with Crippen molar-refractivity contribution in [3.63, 3.8) is 0 Å². The van der Waals surface area contributed by atoms with Gasteiger partial charge in [-0.05, 0) is 56.9 Å². The summed E-state index contributed by atoms with van der Waals surface area (Å²) in [7, 11) is 0. The van der Waals surface area contributed by atoms with E-state index in [0.29, 0.717) is 0 Å². The molecule has 32 heavy (non-hydrogen) atoms. The van der Waals surface area contributed by atoms with Crippen LogP contribution in [0, 0.1) is 6.92 Å². The van der Waals surface area contributed by atoms with Crippen LogP contribution in [0.5, 0.6) is 0 Å². The van der Waals surface area contributed by atoms with Gasteiger partial charge in [-0.1, -0.05) is 43.5 Å². The molecular formula is C27H31N5. The molecule has 0 radical (unpaired) electrons. The Morgan fingerprint density at radius 1 is 1.12 bits per heavy atom. The predicted molar refractivity (Wildman–Crippen MR) is 135 cm³/mol. The molecule has 0 atom stereocenters. The van der Waals surface area contributed by atoms with Crippen molar-refractivity contribution in [3.05, 3.63) is 84.9 Å². The minimum Gasteiger partial charge on any atom is -0.371 e. The summed E-state index contributed by atoms with van der Waals surface area (Å²) in [6.45, 7) is 14.0. The molecule has 4 heterocycles. The highest BCUT2D eigenvalue weighted by molar-refractivity contribution is 5.94. The van der Waals surface area contributed by atoms with Gasteiger partial charge in [-0.2, -0.15) is 5.10 Å². The molecular weight excluding hydrogens is 394 g/mol. The molecule has 1 fully saturated rings. The molecule has 164 valence electrons. The molecule has 0 bridgehead atoms. The van der Waals surface area contributed by atoms with E-state index in [9.17, 15) is 0 Å². The Kier molecular flexibility index (Phi) is 6.55. The molecule has 3 aromatic rings. The first-order valence-corrected chi connectivity index (χ1v) is 11.2. The van der Waals surface area contributed by atoms with Crippen LogP contribution in [0.15, 0.2) is 67.9 Å². The molecule has 2 N–H and O–H groups in total. The first-order chi connectivity index (χ1) is 15.7. The summed E-state index contributed by atoms with van der Waals surface area (Å²) >= 11 is 0. The number of allylic oxidation sites excluding steroid dienone is 7. The largest absolute Gasteiger partial charge is 0.371 e. The van der Waals surface area contributed by atoms with Gasteiger partial charge in [0.2, 0.25) is 0 Å². The van der Waals surface area contributed by atoms with Crippen LogP contribution in [0.1, 0.15) is 43.1 Å². The Hall–Kier alpha value is -3.60. The van der Waals surface area contributed by atoms with Crippen molar-refractivity contribution in [3.8, 4) is 11.4 Å². The fourth-order valence-electron chi connectivity index (χ4n) is 4.34. The van der Waals surface area contributed by atoms with Gasteiger partial charge in [0, 0.05) is 35.4 Å². The summed E-state index contributed by atoms with van der Waals surface area (Å²) in [5.74, 6) is 0. The highest BCUT2D eigenvalue weighted by Crippen LogP contribution is 2.33. The standard InChI is InChI=1S/C27H31N5/c1-5-8-13-20(7-3)23-17-22-25(18-28-23)30-31-27(22)24-16-21(19(4)29-24)26(12-6-2)32-14-10-9-11-15-32/h5-8,12-13,16-18,29H,1-2,9-11,14-15H2,3-4H3,(H,30,31)/b13-8-,20-7+,26-12+. The number of nitrogens with one attached hydrogen (secondary N) is 2. The summed E-state index contributed by atoms with van der Waals surface area (Å²) in [5, 5.41) is 8.80. The fraction of sp³-hybridized carbons (Fsp3) is 0.259. The van der Waals surface area contributed by atoms with Gasteiger partial charge in [-0.3, -0.25) is 10.1 Å². The number of pyridine rings is 1. The topological polar surface area (TPSA) is 60.6 Å². The Morgan fingerprint density at radius 2 is 1.94 bits per heavy atom. The average Bonchev–Trinajstić information content (AvgIpc) is 3.41.